The van der Waals surface area contributed by atoms with Crippen molar-refractivity contribution in [3.05, 3.63) is 46.8 Å². The number of hydrogen-bond donors (Lipinski definition) is 1. The first-order valence-corrected chi connectivity index (χ1v) is 8.49. The molecule has 1 aromatic carbocycles. The van der Waals surface area contributed by atoms with Crippen LogP contribution in [-0.2, 0) is 10.2 Å². The molecule has 3 unspecified atom stereocenters. The molecule has 0 fully saturated rings. The van der Waals surface area contributed by atoms with E-state index in [1.54, 1.807) is 13.8 Å². The number of allylic oxidation sites excluding steroid dienone is 1. The first-order chi connectivity index (χ1) is 12.2. The highest BCUT2D eigenvalue weighted by atomic mass is 35.5. The highest BCUT2D eigenvalue weighted by Gasteiger charge is 2.62. The smallest absolute Gasteiger partial charge is 0.377 e. The van der Waals surface area contributed by atoms with E-state index in [1.807, 2.05) is 0 Å². The maximum absolute atomic E-state index is 14.5. The molecule has 0 saturated carbocycles. The molecular weight excluding hydrogens is 367 g/mol. The average molecular weight is 384 g/mol. The third-order valence-electron chi connectivity index (χ3n) is 4.51. The van der Waals surface area contributed by atoms with Crippen molar-refractivity contribution in [2.45, 2.75) is 43.1 Å². The number of benzene rings is 1. The number of alkyl halides is 4. The lowest BCUT2D eigenvalue weighted by Crippen LogP contribution is -2.55. The molecule has 4 nitrogen and oxygen atoms in total. The van der Waals surface area contributed by atoms with E-state index in [2.05, 4.69) is 15.2 Å². The van der Waals surface area contributed by atoms with Crippen molar-refractivity contribution < 1.29 is 17.9 Å². The second-order valence-corrected chi connectivity index (χ2v) is 7.02. The maximum Gasteiger partial charge on any atom is 0.404 e. The van der Waals surface area contributed by atoms with E-state index in [0.29, 0.717) is 0 Å². The fraction of sp³-hybridized carbons (Fsp3) is 0.444. The zero-order valence-corrected chi connectivity index (χ0v) is 14.9. The lowest BCUT2D eigenvalue weighted by molar-refractivity contribution is -0.197. The van der Waals surface area contributed by atoms with Gasteiger partial charge in [0.15, 0.2) is 5.69 Å². The molecule has 3 atom stereocenters. The monoisotopic (exact) mass is 383 g/mol. The molecule has 3 rings (SSSR count). The predicted molar refractivity (Wildman–Crippen MR) is 95.2 cm³/mol. The summed E-state index contributed by atoms with van der Waals surface area (Å²) in [5.41, 5.74) is -2.04. The quantitative estimate of drug-likeness (QED) is 0.461. The van der Waals surface area contributed by atoms with Gasteiger partial charge in [0.25, 0.3) is 0 Å². The van der Waals surface area contributed by atoms with Gasteiger partial charge >= 0.3 is 6.18 Å². The molecule has 1 aromatic rings. The summed E-state index contributed by atoms with van der Waals surface area (Å²) in [7, 11) is 0. The zero-order chi connectivity index (χ0) is 19.1. The van der Waals surface area contributed by atoms with Crippen LogP contribution in [0.25, 0.3) is 4.85 Å². The van der Waals surface area contributed by atoms with Crippen LogP contribution in [0.5, 0.6) is 0 Å². The van der Waals surface area contributed by atoms with Crippen LogP contribution < -0.4 is 5.32 Å². The lowest BCUT2D eigenvalue weighted by atomic mass is 9.68. The maximum atomic E-state index is 14.5. The largest absolute Gasteiger partial charge is 0.404 e. The third kappa shape index (κ3) is 2.97. The van der Waals surface area contributed by atoms with Gasteiger partial charge in [0, 0.05) is 11.9 Å². The van der Waals surface area contributed by atoms with Gasteiger partial charge in [-0.1, -0.05) is 12.1 Å². The molecule has 0 radical (unpaired) electrons. The van der Waals surface area contributed by atoms with E-state index < -0.39 is 35.8 Å². The Morgan fingerprint density at radius 1 is 1.42 bits per heavy atom. The van der Waals surface area contributed by atoms with Crippen LogP contribution in [0.4, 0.5) is 24.5 Å². The number of nitrogens with one attached hydrogen (secondary N) is 1. The van der Waals surface area contributed by atoms with Crippen molar-refractivity contribution in [3.8, 4) is 0 Å². The van der Waals surface area contributed by atoms with Gasteiger partial charge in [-0.25, -0.2) is 4.85 Å². The molecule has 2 aliphatic heterocycles. The third-order valence-corrected chi connectivity index (χ3v) is 4.74. The average Bonchev–Trinajstić information content (AvgIpc) is 2.57. The van der Waals surface area contributed by atoms with Gasteiger partial charge in [-0.05, 0) is 37.1 Å². The van der Waals surface area contributed by atoms with E-state index in [1.165, 1.54) is 30.5 Å². The number of halogens is 4. The van der Waals surface area contributed by atoms with Crippen LogP contribution in [0.1, 0.15) is 19.4 Å². The van der Waals surface area contributed by atoms with Crippen LogP contribution in [0.2, 0.25) is 0 Å². The van der Waals surface area contributed by atoms with E-state index >= 15 is 0 Å². The van der Waals surface area contributed by atoms with Gasteiger partial charge in [-0.3, -0.25) is 4.99 Å². The molecule has 138 valence electrons. The minimum Gasteiger partial charge on any atom is -0.377 e. The number of rotatable bonds is 3. The fourth-order valence-electron chi connectivity index (χ4n) is 3.28. The van der Waals surface area contributed by atoms with Crippen molar-refractivity contribution in [1.82, 2.24) is 0 Å². The summed E-state index contributed by atoms with van der Waals surface area (Å²) in [6, 6.07) is 4.23. The second kappa shape index (κ2) is 6.60. The highest BCUT2D eigenvalue weighted by molar-refractivity contribution is 6.29. The molecule has 0 saturated heterocycles. The van der Waals surface area contributed by atoms with Gasteiger partial charge in [-0.15, -0.1) is 11.6 Å². The Balaban J connectivity index is 2.30. The number of hydrogen-bond acceptors (Lipinski definition) is 3. The van der Waals surface area contributed by atoms with E-state index in [-0.39, 0.29) is 22.5 Å². The molecule has 0 amide bonds. The Kier molecular flexibility index (Phi) is 4.76. The molecule has 1 N–H and O–H groups in total. The summed E-state index contributed by atoms with van der Waals surface area (Å²) in [5, 5.41) is 2.26. The van der Waals surface area contributed by atoms with Gasteiger partial charge in [0.2, 0.25) is 0 Å². The number of dihydropyridines is 1. The first-order valence-electron chi connectivity index (χ1n) is 8.05. The number of aliphatic imine (C=N–C) groups is 1. The highest BCUT2D eigenvalue weighted by Crippen LogP contribution is 2.54. The summed E-state index contributed by atoms with van der Waals surface area (Å²) < 4.78 is 49.1. The number of nitrogens with zero attached hydrogens (tertiary/aromatic N) is 2. The Hall–Kier alpha value is -2.04. The van der Waals surface area contributed by atoms with Crippen LogP contribution >= 0.6 is 11.6 Å². The fourth-order valence-corrected chi connectivity index (χ4v) is 3.48. The summed E-state index contributed by atoms with van der Waals surface area (Å²) in [6.45, 7) is 9.91. The Morgan fingerprint density at radius 3 is 2.77 bits per heavy atom. The van der Waals surface area contributed by atoms with E-state index in [4.69, 9.17) is 22.9 Å². The summed E-state index contributed by atoms with van der Waals surface area (Å²) in [4.78, 5) is 7.44. The number of ether oxygens (including phenoxy) is 1. The Morgan fingerprint density at radius 2 is 2.15 bits per heavy atom. The van der Waals surface area contributed by atoms with Gasteiger partial charge in [0.1, 0.15) is 11.6 Å². The minimum absolute atomic E-state index is 0.00257. The molecule has 26 heavy (non-hydrogen) atoms. The van der Waals surface area contributed by atoms with Gasteiger partial charge in [0.05, 0.1) is 24.7 Å². The van der Waals surface area contributed by atoms with Crippen LogP contribution in [0.15, 0.2) is 34.8 Å². The van der Waals surface area contributed by atoms with Crippen molar-refractivity contribution in [2.24, 2.45) is 4.99 Å². The Bertz CT molecular complexity index is 813. The van der Waals surface area contributed by atoms with Crippen molar-refractivity contribution in [3.63, 3.8) is 0 Å². The van der Waals surface area contributed by atoms with E-state index in [0.717, 1.165) is 0 Å². The van der Waals surface area contributed by atoms with Crippen molar-refractivity contribution in [1.29, 1.82) is 0 Å². The number of fused-ring (bicyclic) bond motifs is 2. The first kappa shape index (κ1) is 18.7. The lowest BCUT2D eigenvalue weighted by Gasteiger charge is -2.46. The normalized spacial score (nSPS) is 27.2. The standard InChI is InChI=1S/C18H17ClF3N3O/c1-10(2)26-9-17(18(20,21)22)13-7-12(23-3)4-5-15(13)25-16-14(17)6-11(19)8-24-16/h4-8,10-11,16,25H,9H2,1-2H3. The zero-order valence-electron chi connectivity index (χ0n) is 14.1. The number of anilines is 1. The van der Waals surface area contributed by atoms with Crippen molar-refractivity contribution in [2.75, 3.05) is 11.9 Å². The molecule has 0 aromatic heterocycles. The second-order valence-electron chi connectivity index (χ2n) is 6.52. The summed E-state index contributed by atoms with van der Waals surface area (Å²) in [5.74, 6) is 0. The predicted octanol–water partition coefficient (Wildman–Crippen LogP) is 4.83. The molecule has 8 heteroatoms. The van der Waals surface area contributed by atoms with Crippen molar-refractivity contribution >= 4 is 29.2 Å². The molecule has 2 aliphatic rings. The topological polar surface area (TPSA) is 38.0 Å². The van der Waals surface area contributed by atoms with Gasteiger partial charge in [-0.2, -0.15) is 13.2 Å². The molecule has 0 bridgehead atoms. The van der Waals surface area contributed by atoms with Crippen LogP contribution in [0, 0.1) is 6.57 Å². The van der Waals surface area contributed by atoms with Gasteiger partial charge < -0.3 is 10.1 Å². The minimum atomic E-state index is -4.66. The SMILES string of the molecule is [C-]#[N+]c1ccc2c(c1)C(COC(C)C)(C(F)(F)F)C1=CC(Cl)C=NC1N2. The Labute approximate surface area is 154 Å². The molecule has 0 aliphatic carbocycles. The molecule has 2 heterocycles. The van der Waals surface area contributed by atoms with E-state index in [9.17, 15) is 13.2 Å². The van der Waals surface area contributed by atoms with Crippen LogP contribution in [0.3, 0.4) is 0 Å². The molecular formula is C18H17ClF3N3O. The molecule has 0 spiro atoms. The summed E-state index contributed by atoms with van der Waals surface area (Å²) in [6.07, 6.45) is -3.15. The summed E-state index contributed by atoms with van der Waals surface area (Å²) >= 11 is 6.05. The van der Waals surface area contributed by atoms with Crippen LogP contribution in [-0.4, -0.2) is 36.6 Å².